The van der Waals surface area contributed by atoms with Gasteiger partial charge in [0.15, 0.2) is 6.10 Å². The summed E-state index contributed by atoms with van der Waals surface area (Å²) in [5.74, 6) is -1.07. The van der Waals surface area contributed by atoms with Crippen LogP contribution in [0, 0.1) is 0 Å². The Hall–Kier alpha value is -2.24. The van der Waals surface area contributed by atoms with Gasteiger partial charge < -0.3 is 20.9 Å². The maximum atomic E-state index is 11.7. The fraction of sp³-hybridized carbons (Fsp3) is 0.273. The summed E-state index contributed by atoms with van der Waals surface area (Å²) in [5, 5.41) is 0. The first-order chi connectivity index (χ1) is 7.97. The van der Waals surface area contributed by atoms with Crippen molar-refractivity contribution < 1.29 is 19.1 Å². The summed E-state index contributed by atoms with van der Waals surface area (Å²) >= 11 is 0. The zero-order valence-electron chi connectivity index (χ0n) is 9.60. The summed E-state index contributed by atoms with van der Waals surface area (Å²) in [6, 6.07) is 4.69. The summed E-state index contributed by atoms with van der Waals surface area (Å²) in [6.45, 7) is 1.39. The first-order valence-corrected chi connectivity index (χ1v) is 4.90. The van der Waals surface area contributed by atoms with Crippen molar-refractivity contribution in [2.45, 2.75) is 13.0 Å². The highest BCUT2D eigenvalue weighted by atomic mass is 16.5. The zero-order chi connectivity index (χ0) is 13.0. The van der Waals surface area contributed by atoms with Gasteiger partial charge in [0, 0.05) is 0 Å². The van der Waals surface area contributed by atoms with Crippen molar-refractivity contribution in [2.75, 3.05) is 12.8 Å². The Morgan fingerprint density at radius 1 is 1.35 bits per heavy atom. The quantitative estimate of drug-likeness (QED) is 0.580. The van der Waals surface area contributed by atoms with Crippen LogP contribution in [-0.2, 0) is 9.53 Å². The number of anilines is 1. The fourth-order valence-electron chi connectivity index (χ4n) is 1.18. The van der Waals surface area contributed by atoms with Crippen molar-refractivity contribution in [3.05, 3.63) is 23.8 Å². The standard InChI is InChI=1S/C11H14N2O4/c1-6(10(13)14)17-11(15)7-4-3-5-8(16-2)9(7)12/h3-6H,12H2,1-2H3,(H2,13,14). The van der Waals surface area contributed by atoms with Crippen molar-refractivity contribution in [3.8, 4) is 5.75 Å². The van der Waals surface area contributed by atoms with Gasteiger partial charge in [-0.2, -0.15) is 0 Å². The number of rotatable bonds is 4. The van der Waals surface area contributed by atoms with Crippen molar-refractivity contribution >= 4 is 17.6 Å². The van der Waals surface area contributed by atoms with Crippen LogP contribution in [0.4, 0.5) is 5.69 Å². The van der Waals surface area contributed by atoms with E-state index in [4.69, 9.17) is 20.9 Å². The molecule has 0 saturated carbocycles. The Bertz CT molecular complexity index is 445. The van der Waals surface area contributed by atoms with E-state index in [1.54, 1.807) is 12.1 Å². The molecule has 0 heterocycles. The summed E-state index contributed by atoms with van der Waals surface area (Å²) in [4.78, 5) is 22.4. The Kier molecular flexibility index (Phi) is 3.92. The molecule has 0 saturated heterocycles. The summed E-state index contributed by atoms with van der Waals surface area (Å²) in [5.41, 5.74) is 11.0. The van der Waals surface area contributed by atoms with Gasteiger partial charge in [0.1, 0.15) is 5.75 Å². The van der Waals surface area contributed by atoms with E-state index in [1.165, 1.54) is 20.1 Å². The number of nitrogen functional groups attached to an aromatic ring is 1. The first kappa shape index (κ1) is 12.8. The Morgan fingerprint density at radius 3 is 2.53 bits per heavy atom. The van der Waals surface area contributed by atoms with Crippen LogP contribution in [0.1, 0.15) is 17.3 Å². The third-order valence-electron chi connectivity index (χ3n) is 2.19. The third kappa shape index (κ3) is 2.87. The molecule has 1 rings (SSSR count). The largest absolute Gasteiger partial charge is 0.495 e. The molecule has 0 spiro atoms. The minimum atomic E-state index is -1.01. The number of carbonyl (C=O) groups is 2. The monoisotopic (exact) mass is 238 g/mol. The number of para-hydroxylation sites is 1. The number of esters is 1. The minimum Gasteiger partial charge on any atom is -0.495 e. The molecule has 0 aliphatic carbocycles. The van der Waals surface area contributed by atoms with E-state index in [0.717, 1.165) is 0 Å². The van der Waals surface area contributed by atoms with E-state index in [-0.39, 0.29) is 11.3 Å². The molecule has 0 aliphatic rings. The maximum Gasteiger partial charge on any atom is 0.341 e. The van der Waals surface area contributed by atoms with Crippen LogP contribution in [0.3, 0.4) is 0 Å². The molecule has 1 unspecified atom stereocenters. The van der Waals surface area contributed by atoms with Crippen LogP contribution in [0.25, 0.3) is 0 Å². The second-order valence-electron chi connectivity index (χ2n) is 3.37. The second kappa shape index (κ2) is 5.20. The topological polar surface area (TPSA) is 105 Å². The van der Waals surface area contributed by atoms with Crippen molar-refractivity contribution in [1.29, 1.82) is 0 Å². The molecule has 17 heavy (non-hydrogen) atoms. The Labute approximate surface area is 98.5 Å². The van der Waals surface area contributed by atoms with Crippen LogP contribution in [0.15, 0.2) is 18.2 Å². The van der Waals surface area contributed by atoms with E-state index in [1.807, 2.05) is 0 Å². The Morgan fingerprint density at radius 2 is 2.00 bits per heavy atom. The lowest BCUT2D eigenvalue weighted by atomic mass is 10.1. The van der Waals surface area contributed by atoms with Crippen molar-refractivity contribution in [3.63, 3.8) is 0 Å². The van der Waals surface area contributed by atoms with E-state index in [2.05, 4.69) is 0 Å². The average Bonchev–Trinajstić information content (AvgIpc) is 2.28. The fourth-order valence-corrected chi connectivity index (χ4v) is 1.18. The number of amides is 1. The van der Waals surface area contributed by atoms with Gasteiger partial charge in [-0.25, -0.2) is 4.79 Å². The number of methoxy groups -OCH3 is 1. The van der Waals surface area contributed by atoms with Gasteiger partial charge in [0.25, 0.3) is 5.91 Å². The molecule has 6 nitrogen and oxygen atoms in total. The molecule has 0 aliphatic heterocycles. The Balaban J connectivity index is 2.93. The molecular weight excluding hydrogens is 224 g/mol. The van der Waals surface area contributed by atoms with Gasteiger partial charge in [0.2, 0.25) is 0 Å². The highest BCUT2D eigenvalue weighted by Gasteiger charge is 2.19. The molecule has 1 atom stereocenters. The normalized spacial score (nSPS) is 11.6. The molecule has 1 aromatic rings. The predicted molar refractivity (Wildman–Crippen MR) is 61.5 cm³/mol. The zero-order valence-corrected chi connectivity index (χ0v) is 9.60. The molecule has 1 aromatic carbocycles. The summed E-state index contributed by atoms with van der Waals surface area (Å²) in [6.07, 6.45) is -1.01. The molecular formula is C11H14N2O4. The minimum absolute atomic E-state index is 0.137. The van der Waals surface area contributed by atoms with Gasteiger partial charge in [-0.1, -0.05) is 6.07 Å². The van der Waals surface area contributed by atoms with E-state index < -0.39 is 18.0 Å². The number of carbonyl (C=O) groups excluding carboxylic acids is 2. The van der Waals surface area contributed by atoms with Gasteiger partial charge >= 0.3 is 5.97 Å². The van der Waals surface area contributed by atoms with Gasteiger partial charge in [-0.3, -0.25) is 4.79 Å². The first-order valence-electron chi connectivity index (χ1n) is 4.90. The van der Waals surface area contributed by atoms with E-state index >= 15 is 0 Å². The smallest absolute Gasteiger partial charge is 0.341 e. The van der Waals surface area contributed by atoms with Gasteiger partial charge in [0.05, 0.1) is 18.4 Å². The van der Waals surface area contributed by atoms with Crippen molar-refractivity contribution in [2.24, 2.45) is 5.73 Å². The SMILES string of the molecule is COc1cccc(C(=O)OC(C)C(N)=O)c1N. The molecule has 0 aromatic heterocycles. The van der Waals surface area contributed by atoms with Crippen LogP contribution in [0.5, 0.6) is 5.75 Å². The highest BCUT2D eigenvalue weighted by Crippen LogP contribution is 2.25. The average molecular weight is 238 g/mol. The highest BCUT2D eigenvalue weighted by molar-refractivity contribution is 5.97. The van der Waals surface area contributed by atoms with Crippen LogP contribution in [0.2, 0.25) is 0 Å². The van der Waals surface area contributed by atoms with E-state index in [9.17, 15) is 9.59 Å². The van der Waals surface area contributed by atoms with Crippen LogP contribution >= 0.6 is 0 Å². The molecule has 6 heteroatoms. The third-order valence-corrected chi connectivity index (χ3v) is 2.19. The summed E-state index contributed by atoms with van der Waals surface area (Å²) in [7, 11) is 1.44. The number of nitrogens with two attached hydrogens (primary N) is 2. The summed E-state index contributed by atoms with van der Waals surface area (Å²) < 4.78 is 9.79. The van der Waals surface area contributed by atoms with Gasteiger partial charge in [-0.15, -0.1) is 0 Å². The van der Waals surface area contributed by atoms with Gasteiger partial charge in [-0.05, 0) is 19.1 Å². The number of primary amides is 1. The van der Waals surface area contributed by atoms with Crippen LogP contribution < -0.4 is 16.2 Å². The molecule has 0 bridgehead atoms. The molecule has 0 fully saturated rings. The lowest BCUT2D eigenvalue weighted by molar-refractivity contribution is -0.125. The number of benzene rings is 1. The number of ether oxygens (including phenoxy) is 2. The second-order valence-corrected chi connectivity index (χ2v) is 3.37. The maximum absolute atomic E-state index is 11.7. The lowest BCUT2D eigenvalue weighted by Gasteiger charge is -2.12. The van der Waals surface area contributed by atoms with Crippen molar-refractivity contribution in [1.82, 2.24) is 0 Å². The lowest BCUT2D eigenvalue weighted by Crippen LogP contribution is -2.30. The molecule has 0 radical (unpaired) electrons. The molecule has 92 valence electrons. The number of hydrogen-bond acceptors (Lipinski definition) is 5. The molecule has 1 amide bonds. The molecule has 4 N–H and O–H groups in total. The number of hydrogen-bond donors (Lipinski definition) is 2. The van der Waals surface area contributed by atoms with E-state index in [0.29, 0.717) is 5.75 Å². The predicted octanol–water partition coefficient (Wildman–Crippen LogP) is 0.308. The van der Waals surface area contributed by atoms with Crippen LogP contribution in [-0.4, -0.2) is 25.1 Å².